The normalized spacial score (nSPS) is 13.1. The molecule has 4 aromatic rings. The monoisotopic (exact) mass is 554 g/mol. The van der Waals surface area contributed by atoms with Gasteiger partial charge in [0, 0.05) is 12.4 Å². The van der Waals surface area contributed by atoms with Crippen LogP contribution in [-0.4, -0.2) is 59.2 Å². The minimum atomic E-state index is -4.16. The van der Waals surface area contributed by atoms with Gasteiger partial charge in [-0.05, 0) is 50.6 Å². The maximum Gasteiger partial charge on any atom is 0.243 e. The Morgan fingerprint density at radius 2 is 1.74 bits per heavy atom. The third-order valence-electron chi connectivity index (χ3n) is 5.85. The maximum absolute atomic E-state index is 13.7. The van der Waals surface area contributed by atoms with Crippen LogP contribution in [0.5, 0.6) is 11.5 Å². The first kappa shape index (κ1) is 27.8. The molecule has 0 saturated heterocycles. The van der Waals surface area contributed by atoms with E-state index in [1.807, 2.05) is 6.92 Å². The summed E-state index contributed by atoms with van der Waals surface area (Å²) in [6.45, 7) is 8.87. The highest BCUT2D eigenvalue weighted by atomic mass is 32.2. The molecule has 0 aliphatic heterocycles. The third kappa shape index (κ3) is 5.78. The van der Waals surface area contributed by atoms with Gasteiger partial charge in [-0.25, -0.2) is 18.4 Å². The molecule has 0 fully saturated rings. The van der Waals surface area contributed by atoms with Crippen molar-refractivity contribution in [1.82, 2.24) is 24.7 Å². The smallest absolute Gasteiger partial charge is 0.243 e. The lowest BCUT2D eigenvalue weighted by Gasteiger charge is -2.23. The van der Waals surface area contributed by atoms with Crippen LogP contribution in [0.25, 0.3) is 17.3 Å². The number of para-hydroxylation sites is 1. The molecule has 3 heterocycles. The fourth-order valence-electron chi connectivity index (χ4n) is 3.85. The van der Waals surface area contributed by atoms with Crippen molar-refractivity contribution in [2.24, 2.45) is 0 Å². The van der Waals surface area contributed by atoms with Crippen molar-refractivity contribution < 1.29 is 27.0 Å². The number of ether oxygens (including phenoxy) is 3. The molecule has 0 saturated carbocycles. The molecule has 1 aromatic carbocycles. The number of aryl methyl sites for hydroxylation is 2. The van der Waals surface area contributed by atoms with Gasteiger partial charge < -0.3 is 18.6 Å². The number of nitrogens with zero attached hydrogens (tertiary/aromatic N) is 5. The first-order valence-corrected chi connectivity index (χ1v) is 13.5. The van der Waals surface area contributed by atoms with Crippen LogP contribution in [0.2, 0.25) is 0 Å². The number of rotatable bonds is 12. The highest BCUT2D eigenvalue weighted by molar-refractivity contribution is 7.93. The van der Waals surface area contributed by atoms with E-state index in [0.717, 1.165) is 5.56 Å². The first-order valence-electron chi connectivity index (χ1n) is 12.0. The maximum atomic E-state index is 13.7. The van der Waals surface area contributed by atoms with Crippen LogP contribution in [0.1, 0.15) is 30.2 Å². The summed E-state index contributed by atoms with van der Waals surface area (Å²) in [5.41, 5.74) is 1.21. The van der Waals surface area contributed by atoms with Gasteiger partial charge >= 0.3 is 0 Å². The van der Waals surface area contributed by atoms with Crippen molar-refractivity contribution in [1.29, 1.82) is 0 Å². The van der Waals surface area contributed by atoms with Crippen LogP contribution in [0.4, 0.5) is 5.95 Å². The van der Waals surface area contributed by atoms with E-state index < -0.39 is 21.4 Å². The number of sulfonamides is 1. The van der Waals surface area contributed by atoms with E-state index in [-0.39, 0.29) is 24.2 Å². The molecule has 13 heteroatoms. The Morgan fingerprint density at radius 1 is 1.08 bits per heavy atom. The Morgan fingerprint density at radius 3 is 2.31 bits per heavy atom. The van der Waals surface area contributed by atoms with Crippen molar-refractivity contribution in [2.45, 2.75) is 32.1 Å². The zero-order chi connectivity index (χ0) is 28.2. The van der Waals surface area contributed by atoms with Gasteiger partial charge in [-0.1, -0.05) is 12.1 Å². The van der Waals surface area contributed by atoms with Crippen molar-refractivity contribution in [2.75, 3.05) is 25.5 Å². The molecule has 1 N–H and O–H groups in total. The Bertz CT molecular complexity index is 1530. The van der Waals surface area contributed by atoms with Crippen LogP contribution < -0.4 is 14.2 Å². The number of furan rings is 1. The largest absolute Gasteiger partial charge is 0.494 e. The number of nitrogens with one attached hydrogen (secondary N) is 1. The van der Waals surface area contributed by atoms with Crippen LogP contribution >= 0.6 is 0 Å². The molecule has 0 aliphatic carbocycles. The summed E-state index contributed by atoms with van der Waals surface area (Å²) in [5.74, 6) is 2.15. The molecular weight excluding hydrogens is 524 g/mol. The lowest BCUT2D eigenvalue weighted by atomic mass is 10.2. The second kappa shape index (κ2) is 11.7. The van der Waals surface area contributed by atoms with Gasteiger partial charge in [-0.15, -0.1) is 16.8 Å². The fourth-order valence-corrected chi connectivity index (χ4v) is 4.95. The summed E-state index contributed by atoms with van der Waals surface area (Å²) in [7, 11) is -1.17. The predicted molar refractivity (Wildman–Crippen MR) is 145 cm³/mol. The van der Waals surface area contributed by atoms with Crippen molar-refractivity contribution >= 4 is 16.0 Å². The van der Waals surface area contributed by atoms with Crippen LogP contribution in [-0.2, 0) is 14.8 Å². The molecule has 206 valence electrons. The van der Waals surface area contributed by atoms with Crippen LogP contribution in [0, 0.1) is 13.8 Å². The molecule has 0 bridgehead atoms. The lowest BCUT2D eigenvalue weighted by Crippen LogP contribution is -2.34. The van der Waals surface area contributed by atoms with Gasteiger partial charge in [0.15, 0.2) is 11.6 Å². The molecule has 0 unspecified atom stereocenters. The summed E-state index contributed by atoms with van der Waals surface area (Å²) in [6, 6.07) is 8.65. The average Bonchev–Trinajstić information content (AvgIpc) is 3.54. The van der Waals surface area contributed by atoms with E-state index in [4.69, 9.17) is 18.6 Å². The second-order valence-electron chi connectivity index (χ2n) is 8.62. The van der Waals surface area contributed by atoms with E-state index in [0.29, 0.717) is 28.7 Å². The summed E-state index contributed by atoms with van der Waals surface area (Å²) < 4.78 is 54.3. The van der Waals surface area contributed by atoms with Crippen LogP contribution in [0.15, 0.2) is 59.8 Å². The quantitative estimate of drug-likeness (QED) is 0.255. The highest BCUT2D eigenvalue weighted by Crippen LogP contribution is 2.38. The standard InChI is InChI=1S/C26H30N6O6S/c1-7-13-37-23(24-27-14-16(2)15-28-24)18(4)39(33,34)31-26-30-29-25(21-12-11-17(3)38-21)32(26)22-19(35-5)9-8-10-20(22)36-6/h7-12,14-15,18,23H,1,13H2,2-6H3,(H,30,31)/t18-,23+/m1/s1. The Kier molecular flexibility index (Phi) is 8.31. The molecule has 0 amide bonds. The molecular formula is C26H30N6O6S. The van der Waals surface area contributed by atoms with Gasteiger partial charge in [-0.3, -0.25) is 9.29 Å². The fraction of sp³-hybridized carbons (Fsp3) is 0.308. The van der Waals surface area contributed by atoms with Crippen molar-refractivity contribution in [3.8, 4) is 28.8 Å². The molecule has 2 atom stereocenters. The van der Waals surface area contributed by atoms with Gasteiger partial charge in [0.1, 0.15) is 34.3 Å². The summed E-state index contributed by atoms with van der Waals surface area (Å²) in [5, 5.41) is 7.27. The number of hydrogen-bond acceptors (Lipinski definition) is 10. The van der Waals surface area contributed by atoms with Gasteiger partial charge in [0.25, 0.3) is 0 Å². The van der Waals surface area contributed by atoms with Gasteiger partial charge in [-0.2, -0.15) is 0 Å². The molecule has 0 aliphatic rings. The van der Waals surface area contributed by atoms with E-state index >= 15 is 0 Å². The highest BCUT2D eigenvalue weighted by Gasteiger charge is 2.35. The van der Waals surface area contributed by atoms with Crippen molar-refractivity contribution in [3.63, 3.8) is 0 Å². The summed E-state index contributed by atoms with van der Waals surface area (Å²) >= 11 is 0. The Labute approximate surface area is 226 Å². The number of benzene rings is 1. The molecule has 0 spiro atoms. The molecule has 0 radical (unpaired) electrons. The SMILES string of the molecule is C=CCO[C@H](c1ncc(C)cn1)[C@@H](C)S(=O)(=O)Nc1nnc(-c2ccc(C)o2)n1-c1c(OC)cccc1OC. The second-order valence-corrected chi connectivity index (χ2v) is 10.7. The third-order valence-corrected chi connectivity index (χ3v) is 7.54. The van der Waals surface area contributed by atoms with Crippen molar-refractivity contribution in [3.05, 3.63) is 72.5 Å². The minimum Gasteiger partial charge on any atom is -0.494 e. The Hall–Kier alpha value is -4.23. The number of aromatic nitrogens is 5. The number of anilines is 1. The molecule has 12 nitrogen and oxygen atoms in total. The van der Waals surface area contributed by atoms with E-state index in [2.05, 4.69) is 31.5 Å². The predicted octanol–water partition coefficient (Wildman–Crippen LogP) is 4.03. The number of hydrogen-bond donors (Lipinski definition) is 1. The lowest BCUT2D eigenvalue weighted by molar-refractivity contribution is 0.0670. The molecule has 39 heavy (non-hydrogen) atoms. The Balaban J connectivity index is 1.82. The minimum absolute atomic E-state index is 0.0956. The molecule has 4 rings (SSSR count). The van der Waals surface area contributed by atoms with Gasteiger partial charge in [0.05, 0.1) is 20.8 Å². The van der Waals surface area contributed by atoms with E-state index in [9.17, 15) is 8.42 Å². The molecule has 3 aromatic heterocycles. The zero-order valence-corrected chi connectivity index (χ0v) is 23.1. The summed E-state index contributed by atoms with van der Waals surface area (Å²) in [6.07, 6.45) is 3.73. The zero-order valence-electron chi connectivity index (χ0n) is 22.3. The summed E-state index contributed by atoms with van der Waals surface area (Å²) in [4.78, 5) is 8.58. The number of methoxy groups -OCH3 is 2. The first-order chi connectivity index (χ1) is 18.7. The topological polar surface area (TPSA) is 143 Å². The van der Waals surface area contributed by atoms with Gasteiger partial charge in [0.2, 0.25) is 21.8 Å². The van der Waals surface area contributed by atoms with E-state index in [1.165, 1.54) is 31.8 Å². The van der Waals surface area contributed by atoms with E-state index in [1.54, 1.807) is 49.6 Å². The van der Waals surface area contributed by atoms with Crippen LogP contribution in [0.3, 0.4) is 0 Å². The average molecular weight is 555 g/mol.